The normalized spacial score (nSPS) is 11.0. The topological polar surface area (TPSA) is 84.2 Å². The maximum absolute atomic E-state index is 12.4. The standard InChI is InChI=1S/C20H20N6OS/c1-2-21-8-9-23-20(27)14-5-7-22-17(12-14)15-13-24-26-10-6-16(25-19(15)26)18-4-3-11-28-18/h3-7,10-13,21H,2,8-9H2,1H3,(H,23,27). The van der Waals surface area contributed by atoms with Crippen LogP contribution in [0.25, 0.3) is 27.5 Å². The summed E-state index contributed by atoms with van der Waals surface area (Å²) in [5, 5.41) is 12.5. The van der Waals surface area contributed by atoms with E-state index in [1.807, 2.05) is 36.7 Å². The van der Waals surface area contributed by atoms with Crippen LogP contribution < -0.4 is 10.6 Å². The number of amides is 1. The first-order valence-electron chi connectivity index (χ1n) is 9.10. The van der Waals surface area contributed by atoms with Crippen molar-refractivity contribution in [2.75, 3.05) is 19.6 Å². The summed E-state index contributed by atoms with van der Waals surface area (Å²) in [4.78, 5) is 22.7. The first-order chi connectivity index (χ1) is 13.8. The van der Waals surface area contributed by atoms with Gasteiger partial charge in [0, 0.05) is 31.0 Å². The first kappa shape index (κ1) is 18.3. The van der Waals surface area contributed by atoms with Crippen molar-refractivity contribution in [3.8, 4) is 21.8 Å². The monoisotopic (exact) mass is 392 g/mol. The SMILES string of the molecule is CCNCCNC(=O)c1ccnc(-c2cnn3ccc(-c4cccs4)nc23)c1. The minimum atomic E-state index is -0.120. The molecule has 2 N–H and O–H groups in total. The van der Waals surface area contributed by atoms with Crippen LogP contribution in [0.5, 0.6) is 0 Å². The Kier molecular flexibility index (Phi) is 5.41. The third-order valence-corrected chi connectivity index (χ3v) is 5.17. The van der Waals surface area contributed by atoms with Gasteiger partial charge in [0.2, 0.25) is 0 Å². The summed E-state index contributed by atoms with van der Waals surface area (Å²) in [5.74, 6) is -0.120. The highest BCUT2D eigenvalue weighted by atomic mass is 32.1. The molecule has 0 aliphatic rings. The van der Waals surface area contributed by atoms with Gasteiger partial charge in [-0.3, -0.25) is 9.78 Å². The number of thiophene rings is 1. The molecule has 0 atom stereocenters. The van der Waals surface area contributed by atoms with E-state index in [-0.39, 0.29) is 5.91 Å². The van der Waals surface area contributed by atoms with Gasteiger partial charge >= 0.3 is 0 Å². The molecule has 0 spiro atoms. The second-order valence-corrected chi connectivity index (χ2v) is 7.10. The number of nitrogens with one attached hydrogen (secondary N) is 2. The summed E-state index contributed by atoms with van der Waals surface area (Å²) in [6.45, 7) is 4.23. The quantitative estimate of drug-likeness (QED) is 0.473. The fourth-order valence-electron chi connectivity index (χ4n) is 2.87. The fraction of sp³-hybridized carbons (Fsp3) is 0.200. The Morgan fingerprint density at radius 3 is 2.96 bits per heavy atom. The lowest BCUT2D eigenvalue weighted by Crippen LogP contribution is -2.31. The van der Waals surface area contributed by atoms with Crippen molar-refractivity contribution in [2.24, 2.45) is 0 Å². The van der Waals surface area contributed by atoms with Crippen LogP contribution in [-0.2, 0) is 0 Å². The van der Waals surface area contributed by atoms with Gasteiger partial charge in [0.1, 0.15) is 0 Å². The van der Waals surface area contributed by atoms with Crippen LogP contribution in [0.2, 0.25) is 0 Å². The van der Waals surface area contributed by atoms with Crippen LogP contribution >= 0.6 is 11.3 Å². The first-order valence-corrected chi connectivity index (χ1v) is 9.98. The summed E-state index contributed by atoms with van der Waals surface area (Å²) in [6, 6.07) is 9.47. The van der Waals surface area contributed by atoms with Crippen LogP contribution in [0, 0.1) is 0 Å². The molecule has 28 heavy (non-hydrogen) atoms. The number of fused-ring (bicyclic) bond motifs is 1. The van der Waals surface area contributed by atoms with E-state index in [2.05, 4.69) is 20.7 Å². The smallest absolute Gasteiger partial charge is 0.251 e. The lowest BCUT2D eigenvalue weighted by atomic mass is 10.1. The van der Waals surface area contributed by atoms with Crippen LogP contribution in [0.15, 0.2) is 54.3 Å². The second-order valence-electron chi connectivity index (χ2n) is 6.16. The Balaban J connectivity index is 1.63. The van der Waals surface area contributed by atoms with Gasteiger partial charge in [-0.1, -0.05) is 13.0 Å². The Labute approximate surface area is 166 Å². The molecule has 0 fully saturated rings. The zero-order valence-corrected chi connectivity index (χ0v) is 16.2. The van der Waals surface area contributed by atoms with E-state index in [4.69, 9.17) is 4.98 Å². The highest BCUT2D eigenvalue weighted by Gasteiger charge is 2.13. The third kappa shape index (κ3) is 3.78. The van der Waals surface area contributed by atoms with E-state index in [1.54, 1.807) is 40.4 Å². The van der Waals surface area contributed by atoms with E-state index in [9.17, 15) is 4.79 Å². The average Bonchev–Trinajstić information content (AvgIpc) is 3.40. The molecule has 4 aromatic heterocycles. The summed E-state index contributed by atoms with van der Waals surface area (Å²) in [5.41, 5.74) is 3.63. The zero-order chi connectivity index (χ0) is 19.3. The van der Waals surface area contributed by atoms with E-state index in [1.165, 1.54) is 0 Å². The number of pyridine rings is 1. The van der Waals surface area contributed by atoms with Crippen molar-refractivity contribution in [3.63, 3.8) is 0 Å². The van der Waals surface area contributed by atoms with Crippen molar-refractivity contribution in [3.05, 3.63) is 59.9 Å². The van der Waals surface area contributed by atoms with E-state index in [0.29, 0.717) is 23.4 Å². The molecule has 7 nitrogen and oxygen atoms in total. The van der Waals surface area contributed by atoms with Crippen molar-refractivity contribution in [1.82, 2.24) is 30.2 Å². The third-order valence-electron chi connectivity index (χ3n) is 4.28. The largest absolute Gasteiger partial charge is 0.351 e. The summed E-state index contributed by atoms with van der Waals surface area (Å²) in [7, 11) is 0. The lowest BCUT2D eigenvalue weighted by molar-refractivity contribution is 0.0954. The molecule has 0 saturated heterocycles. The van der Waals surface area contributed by atoms with Crippen molar-refractivity contribution in [2.45, 2.75) is 6.92 Å². The minimum absolute atomic E-state index is 0.120. The predicted octanol–water partition coefficient (Wildman–Crippen LogP) is 2.86. The van der Waals surface area contributed by atoms with Crippen LogP contribution in [0.4, 0.5) is 0 Å². The number of aromatic nitrogens is 4. The predicted molar refractivity (Wildman–Crippen MR) is 110 cm³/mol. The molecule has 1 amide bonds. The highest BCUT2D eigenvalue weighted by Crippen LogP contribution is 2.27. The molecule has 142 valence electrons. The summed E-state index contributed by atoms with van der Waals surface area (Å²) < 4.78 is 1.72. The molecule has 4 rings (SSSR count). The number of nitrogens with zero attached hydrogens (tertiary/aromatic N) is 4. The number of hydrogen-bond acceptors (Lipinski definition) is 6. The van der Waals surface area contributed by atoms with Gasteiger partial charge in [-0.15, -0.1) is 11.3 Å². The molecule has 0 aromatic carbocycles. The molecule has 0 radical (unpaired) electrons. The van der Waals surface area contributed by atoms with Crippen molar-refractivity contribution < 1.29 is 4.79 Å². The van der Waals surface area contributed by atoms with Gasteiger partial charge in [-0.25, -0.2) is 9.50 Å². The maximum atomic E-state index is 12.4. The second kappa shape index (κ2) is 8.28. The number of hydrogen-bond donors (Lipinski definition) is 2. The van der Waals surface area contributed by atoms with Gasteiger partial charge in [0.05, 0.1) is 28.0 Å². The molecule has 0 aliphatic heterocycles. The number of carbonyl (C=O) groups is 1. The number of rotatable bonds is 7. The zero-order valence-electron chi connectivity index (χ0n) is 15.4. The Morgan fingerprint density at radius 2 is 2.14 bits per heavy atom. The van der Waals surface area contributed by atoms with Crippen LogP contribution in [0.3, 0.4) is 0 Å². The maximum Gasteiger partial charge on any atom is 0.251 e. The Hall–Kier alpha value is -3.10. The van der Waals surface area contributed by atoms with Gasteiger partial charge in [-0.05, 0) is 36.2 Å². The van der Waals surface area contributed by atoms with E-state index >= 15 is 0 Å². The molecule has 0 bridgehead atoms. The molecule has 0 unspecified atom stereocenters. The van der Waals surface area contributed by atoms with Crippen molar-refractivity contribution >= 4 is 22.9 Å². The number of carbonyl (C=O) groups excluding carboxylic acids is 1. The van der Waals surface area contributed by atoms with Crippen LogP contribution in [-0.4, -0.2) is 45.1 Å². The van der Waals surface area contributed by atoms with Gasteiger partial charge < -0.3 is 10.6 Å². The molecular formula is C20H20N6OS. The van der Waals surface area contributed by atoms with E-state index in [0.717, 1.165) is 29.2 Å². The minimum Gasteiger partial charge on any atom is -0.351 e. The number of likely N-dealkylation sites (N-methyl/N-ethyl adjacent to an activating group) is 1. The molecule has 4 aromatic rings. The van der Waals surface area contributed by atoms with Crippen molar-refractivity contribution in [1.29, 1.82) is 0 Å². The average molecular weight is 392 g/mol. The molecule has 0 saturated carbocycles. The molecule has 8 heteroatoms. The van der Waals surface area contributed by atoms with Crippen LogP contribution in [0.1, 0.15) is 17.3 Å². The fourth-order valence-corrected chi connectivity index (χ4v) is 3.57. The molecule has 4 heterocycles. The highest BCUT2D eigenvalue weighted by molar-refractivity contribution is 7.13. The van der Waals surface area contributed by atoms with Gasteiger partial charge in [0.25, 0.3) is 5.91 Å². The van der Waals surface area contributed by atoms with Gasteiger partial charge in [0.15, 0.2) is 5.65 Å². The lowest BCUT2D eigenvalue weighted by Gasteiger charge is -2.07. The molecule has 0 aliphatic carbocycles. The molecular weight excluding hydrogens is 372 g/mol. The Bertz CT molecular complexity index is 1090. The van der Waals surface area contributed by atoms with E-state index < -0.39 is 0 Å². The Morgan fingerprint density at radius 1 is 1.21 bits per heavy atom. The summed E-state index contributed by atoms with van der Waals surface area (Å²) in [6.07, 6.45) is 5.26. The van der Waals surface area contributed by atoms with Gasteiger partial charge in [-0.2, -0.15) is 5.10 Å². The summed E-state index contributed by atoms with van der Waals surface area (Å²) >= 11 is 1.64.